The predicted molar refractivity (Wildman–Crippen MR) is 75.4 cm³/mol. The number of fused-ring (bicyclic) bond motifs is 1. The number of hydrogen-bond donors (Lipinski definition) is 0. The van der Waals surface area contributed by atoms with Gasteiger partial charge in [0.05, 0.1) is 16.8 Å². The third kappa shape index (κ3) is 2.18. The molecule has 0 fully saturated rings. The van der Waals surface area contributed by atoms with Crippen LogP contribution in [0.5, 0.6) is 0 Å². The summed E-state index contributed by atoms with van der Waals surface area (Å²) in [6.45, 7) is 1.82. The summed E-state index contributed by atoms with van der Waals surface area (Å²) in [5.74, 6) is 1.10. The van der Waals surface area contributed by atoms with E-state index in [4.69, 9.17) is 0 Å². The lowest BCUT2D eigenvalue weighted by atomic mass is 10.2. The maximum Gasteiger partial charge on any atom is 0.262 e. The van der Waals surface area contributed by atoms with E-state index in [9.17, 15) is 4.79 Å². The average Bonchev–Trinajstić information content (AvgIpc) is 2.84. The van der Waals surface area contributed by atoms with E-state index in [1.807, 2.05) is 25.1 Å². The van der Waals surface area contributed by atoms with Crippen LogP contribution in [-0.4, -0.2) is 29.8 Å². The van der Waals surface area contributed by atoms with E-state index in [2.05, 4.69) is 20.5 Å². The van der Waals surface area contributed by atoms with Gasteiger partial charge in [-0.1, -0.05) is 23.9 Å². The lowest BCUT2D eigenvalue weighted by Crippen LogP contribution is -2.23. The van der Waals surface area contributed by atoms with Crippen molar-refractivity contribution in [3.8, 4) is 0 Å². The zero-order chi connectivity index (χ0) is 14.1. The molecule has 7 nitrogen and oxygen atoms in total. The Morgan fingerprint density at radius 3 is 2.85 bits per heavy atom. The highest BCUT2D eigenvalue weighted by Gasteiger charge is 2.09. The van der Waals surface area contributed by atoms with Crippen LogP contribution in [0.2, 0.25) is 0 Å². The Bertz CT molecular complexity index is 824. The zero-order valence-corrected chi connectivity index (χ0v) is 11.8. The molecule has 0 unspecified atom stereocenters. The largest absolute Gasteiger partial charge is 0.286 e. The lowest BCUT2D eigenvalue weighted by Gasteiger charge is -2.09. The van der Waals surface area contributed by atoms with Gasteiger partial charge in [0.2, 0.25) is 5.16 Å². The number of hydrogen-bond acceptors (Lipinski definition) is 6. The summed E-state index contributed by atoms with van der Waals surface area (Å²) >= 11 is 1.39. The molecular weight excluding hydrogens is 276 g/mol. The summed E-state index contributed by atoms with van der Waals surface area (Å²) in [5.41, 5.74) is 0.673. The fourth-order valence-electron chi connectivity index (χ4n) is 1.90. The minimum atomic E-state index is -0.0456. The van der Waals surface area contributed by atoms with Crippen molar-refractivity contribution in [1.29, 1.82) is 0 Å². The van der Waals surface area contributed by atoms with Gasteiger partial charge in [0, 0.05) is 7.05 Å². The molecule has 0 aliphatic carbocycles. The molecule has 102 valence electrons. The summed E-state index contributed by atoms with van der Waals surface area (Å²) in [6, 6.07) is 7.34. The van der Waals surface area contributed by atoms with Crippen LogP contribution in [0.3, 0.4) is 0 Å². The minimum absolute atomic E-state index is 0.0456. The van der Waals surface area contributed by atoms with Gasteiger partial charge in [0.1, 0.15) is 5.82 Å². The molecule has 0 amide bonds. The predicted octanol–water partition coefficient (Wildman–Crippen LogP) is 0.978. The Kier molecular flexibility index (Phi) is 3.23. The van der Waals surface area contributed by atoms with Crippen LogP contribution in [-0.2, 0) is 12.9 Å². The summed E-state index contributed by atoms with van der Waals surface area (Å²) < 4.78 is 3.20. The van der Waals surface area contributed by atoms with E-state index in [1.165, 1.54) is 11.8 Å². The fourth-order valence-corrected chi connectivity index (χ4v) is 2.76. The standard InChI is InChI=1S/C12H12N6OS/c1-8-13-10-6-4-3-5-9(10)11(19)18(8)7-20-12-14-15-16-17(12)2/h3-6H,7H2,1-2H3. The van der Waals surface area contributed by atoms with Crippen LogP contribution in [0.25, 0.3) is 10.9 Å². The van der Waals surface area contributed by atoms with Crippen LogP contribution in [0.4, 0.5) is 0 Å². The Morgan fingerprint density at radius 1 is 1.30 bits per heavy atom. The number of aryl methyl sites for hydroxylation is 2. The highest BCUT2D eigenvalue weighted by atomic mass is 32.2. The first kappa shape index (κ1) is 12.8. The van der Waals surface area contributed by atoms with E-state index >= 15 is 0 Å². The maximum atomic E-state index is 12.4. The van der Waals surface area contributed by atoms with Gasteiger partial charge in [-0.15, -0.1) is 5.10 Å². The van der Waals surface area contributed by atoms with Gasteiger partial charge in [-0.3, -0.25) is 9.36 Å². The van der Waals surface area contributed by atoms with Crippen molar-refractivity contribution in [2.45, 2.75) is 18.0 Å². The van der Waals surface area contributed by atoms with E-state index in [1.54, 1.807) is 22.4 Å². The molecule has 0 radical (unpaired) electrons. The number of benzene rings is 1. The Hall–Kier alpha value is -2.22. The molecule has 1 aromatic carbocycles. The number of para-hydroxylation sites is 1. The average molecular weight is 288 g/mol. The quantitative estimate of drug-likeness (QED) is 0.668. The number of rotatable bonds is 3. The monoisotopic (exact) mass is 288 g/mol. The first-order chi connectivity index (χ1) is 9.66. The molecule has 0 atom stereocenters. The number of aromatic nitrogens is 6. The molecule has 8 heteroatoms. The molecule has 2 heterocycles. The number of tetrazole rings is 1. The van der Waals surface area contributed by atoms with E-state index < -0.39 is 0 Å². The SMILES string of the molecule is Cc1nc2ccccc2c(=O)n1CSc1nnnn1C. The Morgan fingerprint density at radius 2 is 2.10 bits per heavy atom. The summed E-state index contributed by atoms with van der Waals surface area (Å²) in [7, 11) is 1.76. The smallest absolute Gasteiger partial charge is 0.262 e. The van der Waals surface area contributed by atoms with Gasteiger partial charge in [0.25, 0.3) is 5.56 Å². The second-order valence-electron chi connectivity index (χ2n) is 4.27. The highest BCUT2D eigenvalue weighted by Crippen LogP contribution is 2.16. The second-order valence-corrected chi connectivity index (χ2v) is 5.18. The van der Waals surface area contributed by atoms with Crippen molar-refractivity contribution in [1.82, 2.24) is 29.8 Å². The minimum Gasteiger partial charge on any atom is -0.286 e. The molecule has 0 aliphatic heterocycles. The van der Waals surface area contributed by atoms with Crippen LogP contribution in [0, 0.1) is 6.92 Å². The van der Waals surface area contributed by atoms with E-state index in [0.29, 0.717) is 22.2 Å². The molecule has 0 aliphatic rings. The molecule has 0 saturated carbocycles. The van der Waals surface area contributed by atoms with E-state index in [-0.39, 0.29) is 5.56 Å². The molecule has 20 heavy (non-hydrogen) atoms. The first-order valence-corrected chi connectivity index (χ1v) is 6.96. The normalized spacial score (nSPS) is 11.1. The van der Waals surface area contributed by atoms with Crippen molar-refractivity contribution in [3.63, 3.8) is 0 Å². The lowest BCUT2D eigenvalue weighted by molar-refractivity contribution is 0.662. The van der Waals surface area contributed by atoms with Crippen LogP contribution < -0.4 is 5.56 Å². The highest BCUT2D eigenvalue weighted by molar-refractivity contribution is 7.98. The van der Waals surface area contributed by atoms with Gasteiger partial charge in [0.15, 0.2) is 0 Å². The van der Waals surface area contributed by atoms with E-state index in [0.717, 1.165) is 5.52 Å². The van der Waals surface area contributed by atoms with Crippen LogP contribution >= 0.6 is 11.8 Å². The Balaban J connectivity index is 1.99. The van der Waals surface area contributed by atoms with Gasteiger partial charge in [-0.05, 0) is 29.5 Å². The second kappa shape index (κ2) is 5.04. The molecule has 0 spiro atoms. The summed E-state index contributed by atoms with van der Waals surface area (Å²) in [5, 5.41) is 12.5. The number of thioether (sulfide) groups is 1. The maximum absolute atomic E-state index is 12.4. The van der Waals surface area contributed by atoms with Gasteiger partial charge >= 0.3 is 0 Å². The first-order valence-electron chi connectivity index (χ1n) is 5.98. The Labute approximate surface area is 118 Å². The van der Waals surface area contributed by atoms with Gasteiger partial charge in [-0.25, -0.2) is 9.67 Å². The topological polar surface area (TPSA) is 78.5 Å². The molecule has 0 saturated heterocycles. The van der Waals surface area contributed by atoms with Crippen molar-refractivity contribution >= 4 is 22.7 Å². The molecule has 0 bridgehead atoms. The molecular formula is C12H12N6OS. The van der Waals surface area contributed by atoms with Gasteiger partial charge < -0.3 is 0 Å². The summed E-state index contributed by atoms with van der Waals surface area (Å²) in [4.78, 5) is 16.9. The van der Waals surface area contributed by atoms with Crippen molar-refractivity contribution in [2.75, 3.05) is 0 Å². The van der Waals surface area contributed by atoms with Crippen molar-refractivity contribution < 1.29 is 0 Å². The van der Waals surface area contributed by atoms with Gasteiger partial charge in [-0.2, -0.15) is 0 Å². The number of nitrogens with zero attached hydrogens (tertiary/aromatic N) is 6. The fraction of sp³-hybridized carbons (Fsp3) is 0.250. The third-order valence-corrected chi connectivity index (χ3v) is 3.95. The van der Waals surface area contributed by atoms with Crippen molar-refractivity contribution in [2.24, 2.45) is 7.05 Å². The zero-order valence-electron chi connectivity index (χ0n) is 11.0. The third-order valence-electron chi connectivity index (χ3n) is 2.96. The molecule has 0 N–H and O–H groups in total. The molecule has 3 aromatic rings. The van der Waals surface area contributed by atoms with Crippen LogP contribution in [0.15, 0.2) is 34.2 Å². The van der Waals surface area contributed by atoms with Crippen molar-refractivity contribution in [3.05, 3.63) is 40.4 Å². The van der Waals surface area contributed by atoms with Crippen LogP contribution in [0.1, 0.15) is 5.82 Å². The summed E-state index contributed by atoms with van der Waals surface area (Å²) in [6.07, 6.45) is 0. The molecule has 3 rings (SSSR count). The molecule has 2 aromatic heterocycles.